The van der Waals surface area contributed by atoms with Gasteiger partial charge in [-0.25, -0.2) is 0 Å². The van der Waals surface area contributed by atoms with E-state index in [1.54, 1.807) is 0 Å². The first-order chi connectivity index (χ1) is 6.95. The molecule has 2 heterocycles. The van der Waals surface area contributed by atoms with E-state index in [0.29, 0.717) is 0 Å². The predicted octanol–water partition coefficient (Wildman–Crippen LogP) is 4.02. The van der Waals surface area contributed by atoms with E-state index < -0.39 is 34.7 Å². The van der Waals surface area contributed by atoms with Crippen molar-refractivity contribution in [1.29, 1.82) is 0 Å². The molecular formula is C7H16Bi2S6. The first kappa shape index (κ1) is 16.9. The summed E-state index contributed by atoms with van der Waals surface area (Å²) >= 11 is -1.99. The zero-order valence-corrected chi connectivity index (χ0v) is 19.4. The molecule has 2 saturated heterocycles. The Balaban J connectivity index is 0.00000112. The molecule has 2 aliphatic rings. The number of hydrogen-bond acceptors (Lipinski definition) is 6. The van der Waals surface area contributed by atoms with Gasteiger partial charge in [-0.2, -0.15) is 0 Å². The molecule has 2 aliphatic heterocycles. The molecule has 8 heteroatoms. The fourth-order valence-electron chi connectivity index (χ4n) is 0.894. The zero-order valence-electron chi connectivity index (χ0n) is 7.59. The molecule has 0 amide bonds. The Labute approximate surface area is 125 Å². The molecule has 90 valence electrons. The Bertz CT molecular complexity index is 142. The fraction of sp³-hybridized carbons (Fsp3) is 1.00. The van der Waals surface area contributed by atoms with Crippen molar-refractivity contribution in [2.75, 3.05) is 34.5 Å². The van der Waals surface area contributed by atoms with Crippen molar-refractivity contribution in [2.24, 2.45) is 0 Å². The van der Waals surface area contributed by atoms with Gasteiger partial charge in [0.2, 0.25) is 0 Å². The molecule has 0 spiro atoms. The van der Waals surface area contributed by atoms with Gasteiger partial charge in [0.25, 0.3) is 0 Å². The van der Waals surface area contributed by atoms with Crippen LogP contribution in [0.3, 0.4) is 0 Å². The van der Waals surface area contributed by atoms with E-state index in [-0.39, 0.29) is 7.43 Å². The zero-order chi connectivity index (χ0) is 9.64. The molecule has 0 aromatic rings. The summed E-state index contributed by atoms with van der Waals surface area (Å²) in [6.07, 6.45) is 0. The second-order valence-electron chi connectivity index (χ2n) is 2.45. The quantitative estimate of drug-likeness (QED) is 0.311. The van der Waals surface area contributed by atoms with Gasteiger partial charge in [0, 0.05) is 0 Å². The summed E-state index contributed by atoms with van der Waals surface area (Å²) in [5.41, 5.74) is 0. The van der Waals surface area contributed by atoms with Crippen LogP contribution >= 0.6 is 51.1 Å². The second-order valence-corrected chi connectivity index (χ2v) is 59.4. The minimum atomic E-state index is -0.993. The van der Waals surface area contributed by atoms with E-state index in [1.165, 1.54) is 34.5 Å². The fourth-order valence-corrected chi connectivity index (χ4v) is 70.6. The molecule has 0 aromatic heterocycles. The molecular weight excluding hydrogens is 694 g/mol. The van der Waals surface area contributed by atoms with E-state index in [1.807, 2.05) is 0 Å². The summed E-state index contributed by atoms with van der Waals surface area (Å²) in [6, 6.07) is 0. The first-order valence-corrected chi connectivity index (χ1v) is 35.5. The van der Waals surface area contributed by atoms with Gasteiger partial charge in [-0.05, 0) is 0 Å². The average molecular weight is 711 g/mol. The monoisotopic (exact) mass is 710 g/mol. The van der Waals surface area contributed by atoms with Crippen LogP contribution in [0.1, 0.15) is 7.43 Å². The molecule has 0 saturated carbocycles. The van der Waals surface area contributed by atoms with Crippen LogP contribution in [0.2, 0.25) is 0 Å². The predicted molar refractivity (Wildman–Crippen MR) is 93.0 cm³/mol. The van der Waals surface area contributed by atoms with Gasteiger partial charge >= 0.3 is 120 Å². The van der Waals surface area contributed by atoms with Crippen molar-refractivity contribution < 1.29 is 0 Å². The summed E-state index contributed by atoms with van der Waals surface area (Å²) in [6.45, 7) is 0. The summed E-state index contributed by atoms with van der Waals surface area (Å²) in [5.74, 6) is 8.84. The van der Waals surface area contributed by atoms with Crippen LogP contribution in [0.5, 0.6) is 0 Å². The molecule has 0 nitrogen and oxygen atoms in total. The van der Waals surface area contributed by atoms with Gasteiger partial charge in [-0.1, -0.05) is 7.43 Å². The van der Waals surface area contributed by atoms with Gasteiger partial charge in [0.1, 0.15) is 0 Å². The molecule has 15 heavy (non-hydrogen) atoms. The van der Waals surface area contributed by atoms with Crippen LogP contribution in [0.15, 0.2) is 0 Å². The average Bonchev–Trinajstić information content (AvgIpc) is 2.86. The SMILES string of the molecule is C.C1C[S][Bi]([S]CC[S][Bi]2[S]CC[S]2)[S]1. The van der Waals surface area contributed by atoms with E-state index >= 15 is 0 Å². The Kier molecular flexibility index (Phi) is 12.0. The molecule has 2 fully saturated rings. The Morgan fingerprint density at radius 2 is 1.07 bits per heavy atom. The first-order valence-electron chi connectivity index (χ1n) is 4.33. The van der Waals surface area contributed by atoms with Gasteiger partial charge in [0.15, 0.2) is 0 Å². The van der Waals surface area contributed by atoms with Gasteiger partial charge < -0.3 is 0 Å². The third-order valence-corrected chi connectivity index (χ3v) is 66.6. The Morgan fingerprint density at radius 1 is 0.733 bits per heavy atom. The summed E-state index contributed by atoms with van der Waals surface area (Å²) in [7, 11) is 14.2. The number of hydrogen-bond donors (Lipinski definition) is 0. The van der Waals surface area contributed by atoms with Crippen LogP contribution < -0.4 is 0 Å². The summed E-state index contributed by atoms with van der Waals surface area (Å²) in [4.78, 5) is 0. The molecule has 0 N–H and O–H groups in total. The van der Waals surface area contributed by atoms with Crippen molar-refractivity contribution in [3.05, 3.63) is 0 Å². The van der Waals surface area contributed by atoms with E-state index in [0.717, 1.165) is 0 Å². The van der Waals surface area contributed by atoms with Crippen LogP contribution in [-0.2, 0) is 0 Å². The minimum absolute atomic E-state index is 0. The van der Waals surface area contributed by atoms with Gasteiger partial charge in [-0.15, -0.1) is 0 Å². The molecule has 0 aliphatic carbocycles. The third-order valence-electron chi connectivity index (χ3n) is 1.43. The van der Waals surface area contributed by atoms with Crippen LogP contribution in [-0.4, -0.2) is 69.2 Å². The molecule has 0 radical (unpaired) electrons. The van der Waals surface area contributed by atoms with Crippen LogP contribution in [0.25, 0.3) is 0 Å². The van der Waals surface area contributed by atoms with Crippen LogP contribution in [0, 0.1) is 0 Å². The molecule has 0 atom stereocenters. The van der Waals surface area contributed by atoms with Crippen LogP contribution in [0.4, 0.5) is 0 Å². The van der Waals surface area contributed by atoms with Crippen molar-refractivity contribution in [2.45, 2.75) is 7.43 Å². The van der Waals surface area contributed by atoms with Crippen molar-refractivity contribution in [3.63, 3.8) is 0 Å². The number of rotatable bonds is 5. The molecule has 2 rings (SSSR count). The molecule has 0 bridgehead atoms. The van der Waals surface area contributed by atoms with Gasteiger partial charge in [-0.3, -0.25) is 0 Å². The van der Waals surface area contributed by atoms with E-state index in [2.05, 4.69) is 51.1 Å². The summed E-state index contributed by atoms with van der Waals surface area (Å²) < 4.78 is 0. The normalized spacial score (nSPS) is 23.2. The maximum absolute atomic E-state index is 2.39. The molecule has 0 aromatic carbocycles. The topological polar surface area (TPSA) is 0 Å². The Hall–Kier alpha value is 3.87. The maximum atomic E-state index is 2.39. The van der Waals surface area contributed by atoms with Crippen molar-refractivity contribution >= 4 is 85.8 Å². The summed E-state index contributed by atoms with van der Waals surface area (Å²) in [5, 5.41) is 0. The van der Waals surface area contributed by atoms with Crippen molar-refractivity contribution in [3.8, 4) is 0 Å². The Morgan fingerprint density at radius 3 is 1.40 bits per heavy atom. The second kappa shape index (κ2) is 10.6. The van der Waals surface area contributed by atoms with Gasteiger partial charge in [0.05, 0.1) is 0 Å². The van der Waals surface area contributed by atoms with E-state index in [4.69, 9.17) is 0 Å². The third kappa shape index (κ3) is 7.27. The molecule has 0 unspecified atom stereocenters. The standard InChI is InChI=1S/3C2H6S2.CH4.2Bi/c3*3-1-2-4;;;/h3*3-4H,1-2H2;1H4;;/q;;;;2*+3/p-6. The van der Waals surface area contributed by atoms with E-state index in [9.17, 15) is 0 Å². The van der Waals surface area contributed by atoms with Crippen molar-refractivity contribution in [1.82, 2.24) is 0 Å².